The summed E-state index contributed by atoms with van der Waals surface area (Å²) in [6.07, 6.45) is 3.61. The minimum Gasteiger partial charge on any atom is -0.356 e. The van der Waals surface area contributed by atoms with E-state index in [4.69, 9.17) is 0 Å². The lowest BCUT2D eigenvalue weighted by molar-refractivity contribution is -0.134. The van der Waals surface area contributed by atoms with Crippen LogP contribution in [0.3, 0.4) is 0 Å². The zero-order valence-corrected chi connectivity index (χ0v) is 14.0. The Labute approximate surface area is 129 Å². The smallest absolute Gasteiger partial charge is 0.226 e. The minimum absolute atomic E-state index is 0.0556. The largest absolute Gasteiger partial charge is 0.356 e. The fourth-order valence-electron chi connectivity index (χ4n) is 2.60. The van der Waals surface area contributed by atoms with Gasteiger partial charge in [0.15, 0.2) is 0 Å². The fourth-order valence-corrected chi connectivity index (χ4v) is 2.60. The van der Waals surface area contributed by atoms with Crippen LogP contribution in [-0.2, 0) is 9.59 Å². The van der Waals surface area contributed by atoms with Crippen molar-refractivity contribution in [3.05, 3.63) is 0 Å². The third-order valence-corrected chi connectivity index (χ3v) is 3.82. The van der Waals surface area contributed by atoms with E-state index in [-0.39, 0.29) is 23.7 Å². The molecule has 2 atom stereocenters. The molecule has 0 saturated heterocycles. The first-order valence-electron chi connectivity index (χ1n) is 8.22. The van der Waals surface area contributed by atoms with Gasteiger partial charge in [-0.2, -0.15) is 0 Å². The predicted octanol–water partition coefficient (Wildman–Crippen LogP) is 1.34. The van der Waals surface area contributed by atoms with Crippen LogP contribution in [0.2, 0.25) is 0 Å². The Bertz CT molecular complexity index is 338. The van der Waals surface area contributed by atoms with Crippen LogP contribution in [0, 0.1) is 11.8 Å². The Balaban J connectivity index is 2.30. The van der Waals surface area contributed by atoms with Crippen molar-refractivity contribution in [1.29, 1.82) is 0 Å². The summed E-state index contributed by atoms with van der Waals surface area (Å²) in [5.41, 5.74) is 0. The Kier molecular flexibility index (Phi) is 7.72. The van der Waals surface area contributed by atoms with Crippen LogP contribution < -0.4 is 5.32 Å². The molecular formula is C16H31N3O2. The lowest BCUT2D eigenvalue weighted by Crippen LogP contribution is -2.35. The summed E-state index contributed by atoms with van der Waals surface area (Å²) >= 11 is 0. The third kappa shape index (κ3) is 6.04. The fraction of sp³-hybridized carbons (Fsp3) is 0.875. The van der Waals surface area contributed by atoms with E-state index in [1.165, 1.54) is 0 Å². The highest BCUT2D eigenvalue weighted by molar-refractivity contribution is 5.92. The molecule has 0 heterocycles. The molecule has 0 radical (unpaired) electrons. The van der Waals surface area contributed by atoms with Crippen LogP contribution >= 0.6 is 0 Å². The molecule has 0 aromatic heterocycles. The maximum Gasteiger partial charge on any atom is 0.226 e. The number of nitrogens with zero attached hydrogens (tertiary/aromatic N) is 2. The molecule has 0 spiro atoms. The molecule has 5 heteroatoms. The highest BCUT2D eigenvalue weighted by Crippen LogP contribution is 2.40. The van der Waals surface area contributed by atoms with Crippen LogP contribution in [0.5, 0.6) is 0 Å². The minimum atomic E-state index is -0.0898. The van der Waals surface area contributed by atoms with E-state index in [0.717, 1.165) is 45.3 Å². The van der Waals surface area contributed by atoms with Crippen LogP contribution in [0.1, 0.15) is 39.5 Å². The summed E-state index contributed by atoms with van der Waals surface area (Å²) in [6, 6.07) is 0. The first-order valence-corrected chi connectivity index (χ1v) is 8.22. The van der Waals surface area contributed by atoms with E-state index in [1.54, 1.807) is 0 Å². The normalized spacial score (nSPS) is 20.4. The molecule has 1 N–H and O–H groups in total. The van der Waals surface area contributed by atoms with Gasteiger partial charge in [-0.15, -0.1) is 0 Å². The van der Waals surface area contributed by atoms with E-state index in [2.05, 4.69) is 24.1 Å². The lowest BCUT2D eigenvalue weighted by Gasteiger charge is -2.21. The summed E-state index contributed by atoms with van der Waals surface area (Å²) in [4.78, 5) is 28.4. The molecule has 1 fully saturated rings. The average Bonchev–Trinajstić information content (AvgIpc) is 3.22. The number of nitrogens with one attached hydrogen (secondary N) is 1. The summed E-state index contributed by atoms with van der Waals surface area (Å²) in [5.74, 6) is 0.0669. The molecule has 1 rings (SSSR count). The quantitative estimate of drug-likeness (QED) is 0.619. The Morgan fingerprint density at radius 1 is 1.05 bits per heavy atom. The lowest BCUT2D eigenvalue weighted by atomic mass is 10.2. The van der Waals surface area contributed by atoms with Crippen LogP contribution in [0.15, 0.2) is 0 Å². The molecular weight excluding hydrogens is 266 g/mol. The number of amides is 2. The number of carbonyl (C=O) groups is 2. The van der Waals surface area contributed by atoms with Gasteiger partial charge in [-0.1, -0.05) is 13.8 Å². The summed E-state index contributed by atoms with van der Waals surface area (Å²) < 4.78 is 0. The first-order chi connectivity index (χ1) is 10.0. The topological polar surface area (TPSA) is 52.7 Å². The molecule has 0 bridgehead atoms. The number of rotatable bonds is 10. The van der Waals surface area contributed by atoms with Crippen molar-refractivity contribution in [1.82, 2.24) is 15.1 Å². The summed E-state index contributed by atoms with van der Waals surface area (Å²) in [5, 5.41) is 2.95. The molecule has 1 aliphatic carbocycles. The predicted molar refractivity (Wildman–Crippen MR) is 84.9 cm³/mol. The van der Waals surface area contributed by atoms with Crippen molar-refractivity contribution < 1.29 is 9.59 Å². The maximum absolute atomic E-state index is 12.4. The molecule has 1 aliphatic rings. The Hall–Kier alpha value is -1.10. The summed E-state index contributed by atoms with van der Waals surface area (Å²) in [7, 11) is 4.04. The van der Waals surface area contributed by atoms with Gasteiger partial charge >= 0.3 is 0 Å². The van der Waals surface area contributed by atoms with Crippen molar-refractivity contribution in [3.8, 4) is 0 Å². The highest BCUT2D eigenvalue weighted by Gasteiger charge is 2.49. The summed E-state index contributed by atoms with van der Waals surface area (Å²) in [6.45, 7) is 7.44. The van der Waals surface area contributed by atoms with Gasteiger partial charge in [0, 0.05) is 19.6 Å². The van der Waals surface area contributed by atoms with Crippen molar-refractivity contribution in [2.45, 2.75) is 39.5 Å². The van der Waals surface area contributed by atoms with Crippen molar-refractivity contribution >= 4 is 11.8 Å². The van der Waals surface area contributed by atoms with Crippen LogP contribution in [0.25, 0.3) is 0 Å². The first kappa shape index (κ1) is 18.0. The molecule has 21 heavy (non-hydrogen) atoms. The zero-order valence-electron chi connectivity index (χ0n) is 14.0. The zero-order chi connectivity index (χ0) is 15.8. The van der Waals surface area contributed by atoms with E-state index in [0.29, 0.717) is 6.54 Å². The van der Waals surface area contributed by atoms with Crippen molar-refractivity contribution in [2.24, 2.45) is 11.8 Å². The van der Waals surface area contributed by atoms with Gasteiger partial charge in [0.1, 0.15) is 0 Å². The molecule has 122 valence electrons. The van der Waals surface area contributed by atoms with Gasteiger partial charge < -0.3 is 15.1 Å². The number of carbonyl (C=O) groups excluding carboxylic acids is 2. The SMILES string of the molecule is CCCN(CCC)C(=O)C1CC1C(=O)NCCCN(C)C. The monoisotopic (exact) mass is 297 g/mol. The average molecular weight is 297 g/mol. The Morgan fingerprint density at radius 2 is 1.67 bits per heavy atom. The second-order valence-electron chi connectivity index (χ2n) is 6.22. The van der Waals surface area contributed by atoms with Gasteiger partial charge in [-0.3, -0.25) is 9.59 Å². The molecule has 2 unspecified atom stereocenters. The maximum atomic E-state index is 12.4. The molecule has 2 amide bonds. The van der Waals surface area contributed by atoms with E-state index in [1.807, 2.05) is 19.0 Å². The second-order valence-corrected chi connectivity index (χ2v) is 6.22. The number of hydrogen-bond donors (Lipinski definition) is 1. The van der Waals surface area contributed by atoms with E-state index < -0.39 is 0 Å². The van der Waals surface area contributed by atoms with Crippen molar-refractivity contribution in [3.63, 3.8) is 0 Å². The Morgan fingerprint density at radius 3 is 2.19 bits per heavy atom. The molecule has 5 nitrogen and oxygen atoms in total. The van der Waals surface area contributed by atoms with Gasteiger partial charge in [0.25, 0.3) is 0 Å². The molecule has 0 aliphatic heterocycles. The van der Waals surface area contributed by atoms with Gasteiger partial charge in [-0.25, -0.2) is 0 Å². The number of hydrogen-bond acceptors (Lipinski definition) is 3. The molecule has 0 aromatic rings. The third-order valence-electron chi connectivity index (χ3n) is 3.82. The van der Waals surface area contributed by atoms with Gasteiger partial charge in [0.05, 0.1) is 11.8 Å². The molecule has 0 aromatic carbocycles. The van der Waals surface area contributed by atoms with Crippen LogP contribution in [0.4, 0.5) is 0 Å². The second kappa shape index (κ2) is 9.03. The van der Waals surface area contributed by atoms with E-state index >= 15 is 0 Å². The van der Waals surface area contributed by atoms with Gasteiger partial charge in [0.2, 0.25) is 11.8 Å². The van der Waals surface area contributed by atoms with Crippen molar-refractivity contribution in [2.75, 3.05) is 40.3 Å². The van der Waals surface area contributed by atoms with Crippen LogP contribution in [-0.4, -0.2) is 61.9 Å². The van der Waals surface area contributed by atoms with Gasteiger partial charge in [-0.05, 0) is 46.3 Å². The molecule has 1 saturated carbocycles. The standard InChI is InChI=1S/C16H31N3O2/c1-5-9-19(10-6-2)16(21)14-12-13(14)15(20)17-8-7-11-18(3)4/h13-14H,5-12H2,1-4H3,(H,17,20). The van der Waals surface area contributed by atoms with E-state index in [9.17, 15) is 9.59 Å². The highest BCUT2D eigenvalue weighted by atomic mass is 16.2.